The van der Waals surface area contributed by atoms with E-state index in [1.165, 1.54) is 0 Å². The molecule has 1 nitrogen and oxygen atoms in total. The second-order valence-electron chi connectivity index (χ2n) is 3.23. The van der Waals surface area contributed by atoms with Gasteiger partial charge in [-0.15, -0.1) is 0 Å². The lowest BCUT2D eigenvalue weighted by molar-refractivity contribution is 0.319. The Balaban J connectivity index is 2.49. The fourth-order valence-corrected chi connectivity index (χ4v) is 1.68. The second kappa shape index (κ2) is 4.31. The van der Waals surface area contributed by atoms with E-state index < -0.39 is 0 Å². The summed E-state index contributed by atoms with van der Waals surface area (Å²) in [6.45, 7) is 8.56. The Kier molecular flexibility index (Phi) is 3.63. The molecule has 68 valence electrons. The van der Waals surface area contributed by atoms with Crippen LogP contribution in [-0.4, -0.2) is 24.5 Å². The van der Waals surface area contributed by atoms with E-state index in [4.69, 9.17) is 23.2 Å². The first kappa shape index (κ1) is 10.1. The maximum absolute atomic E-state index is 5.92. The zero-order valence-corrected chi connectivity index (χ0v) is 8.75. The molecule has 0 aromatic heterocycles. The summed E-state index contributed by atoms with van der Waals surface area (Å²) in [6.07, 6.45) is 0.869. The SMILES string of the molecule is C=C(C)CN1CCC(Cl)=C(Cl)C1. The van der Waals surface area contributed by atoms with Crippen molar-refractivity contribution in [3.63, 3.8) is 0 Å². The van der Waals surface area contributed by atoms with Crippen molar-refractivity contribution < 1.29 is 0 Å². The zero-order valence-electron chi connectivity index (χ0n) is 7.24. The summed E-state index contributed by atoms with van der Waals surface area (Å²) in [6, 6.07) is 0. The van der Waals surface area contributed by atoms with Crippen LogP contribution >= 0.6 is 23.2 Å². The van der Waals surface area contributed by atoms with E-state index in [0.29, 0.717) is 0 Å². The van der Waals surface area contributed by atoms with E-state index >= 15 is 0 Å². The molecule has 0 bridgehead atoms. The van der Waals surface area contributed by atoms with Crippen molar-refractivity contribution in [2.45, 2.75) is 13.3 Å². The molecule has 0 radical (unpaired) electrons. The monoisotopic (exact) mass is 205 g/mol. The Hall–Kier alpha value is 0.0200. The number of hydrogen-bond acceptors (Lipinski definition) is 1. The van der Waals surface area contributed by atoms with Crippen LogP contribution in [0.25, 0.3) is 0 Å². The topological polar surface area (TPSA) is 3.24 Å². The van der Waals surface area contributed by atoms with Crippen molar-refractivity contribution >= 4 is 23.2 Å². The summed E-state index contributed by atoms with van der Waals surface area (Å²) in [4.78, 5) is 2.25. The summed E-state index contributed by atoms with van der Waals surface area (Å²) >= 11 is 11.8. The minimum Gasteiger partial charge on any atom is -0.294 e. The second-order valence-corrected chi connectivity index (χ2v) is 4.14. The Morgan fingerprint density at radius 2 is 2.17 bits per heavy atom. The first-order valence-electron chi connectivity index (χ1n) is 3.99. The third-order valence-corrected chi connectivity index (χ3v) is 2.66. The predicted octanol–water partition coefficient (Wildman–Crippen LogP) is 2.96. The summed E-state index contributed by atoms with van der Waals surface area (Å²) in [5.41, 5.74) is 1.16. The van der Waals surface area contributed by atoms with E-state index in [1.54, 1.807) is 0 Å². The van der Waals surface area contributed by atoms with Gasteiger partial charge < -0.3 is 0 Å². The summed E-state index contributed by atoms with van der Waals surface area (Å²) in [7, 11) is 0. The highest BCUT2D eigenvalue weighted by Crippen LogP contribution is 2.23. The van der Waals surface area contributed by atoms with Gasteiger partial charge in [-0.25, -0.2) is 0 Å². The highest BCUT2D eigenvalue weighted by molar-refractivity contribution is 6.39. The van der Waals surface area contributed by atoms with Crippen molar-refractivity contribution in [2.24, 2.45) is 0 Å². The Bertz CT molecular complexity index is 221. The van der Waals surface area contributed by atoms with Gasteiger partial charge in [0.2, 0.25) is 0 Å². The lowest BCUT2D eigenvalue weighted by Crippen LogP contribution is -2.31. The molecule has 12 heavy (non-hydrogen) atoms. The summed E-state index contributed by atoms with van der Waals surface area (Å²) in [5, 5.41) is 1.60. The van der Waals surface area contributed by atoms with Crippen LogP contribution in [0.1, 0.15) is 13.3 Å². The third kappa shape index (κ3) is 2.81. The van der Waals surface area contributed by atoms with Crippen molar-refractivity contribution in [1.82, 2.24) is 4.90 Å². The number of nitrogens with zero attached hydrogens (tertiary/aromatic N) is 1. The molecule has 1 rings (SSSR count). The van der Waals surface area contributed by atoms with Gasteiger partial charge in [-0.05, 0) is 13.3 Å². The molecule has 0 N–H and O–H groups in total. The zero-order chi connectivity index (χ0) is 9.14. The van der Waals surface area contributed by atoms with Gasteiger partial charge >= 0.3 is 0 Å². The maximum atomic E-state index is 5.92. The van der Waals surface area contributed by atoms with Crippen molar-refractivity contribution in [3.8, 4) is 0 Å². The summed E-state index contributed by atoms with van der Waals surface area (Å²) < 4.78 is 0. The molecule has 1 aliphatic heterocycles. The van der Waals surface area contributed by atoms with Gasteiger partial charge in [-0.2, -0.15) is 0 Å². The Morgan fingerprint density at radius 3 is 2.67 bits per heavy atom. The molecule has 0 saturated heterocycles. The van der Waals surface area contributed by atoms with Crippen LogP contribution in [-0.2, 0) is 0 Å². The van der Waals surface area contributed by atoms with E-state index in [-0.39, 0.29) is 0 Å². The van der Waals surface area contributed by atoms with Crippen LogP contribution in [0.5, 0.6) is 0 Å². The molecule has 0 spiro atoms. The lowest BCUT2D eigenvalue weighted by Gasteiger charge is -2.26. The molecule has 0 amide bonds. The number of rotatable bonds is 2. The minimum atomic E-state index is 0.771. The van der Waals surface area contributed by atoms with Crippen LogP contribution in [0, 0.1) is 0 Å². The Morgan fingerprint density at radius 1 is 1.50 bits per heavy atom. The standard InChI is InChI=1S/C9H13Cl2N/c1-7(2)5-12-4-3-8(10)9(11)6-12/h1,3-6H2,2H3. The van der Waals surface area contributed by atoms with E-state index in [9.17, 15) is 0 Å². The normalized spacial score (nSPS) is 19.9. The largest absolute Gasteiger partial charge is 0.294 e. The molecule has 3 heteroatoms. The highest BCUT2D eigenvalue weighted by atomic mass is 35.5. The fourth-order valence-electron chi connectivity index (χ4n) is 1.27. The molecular weight excluding hydrogens is 193 g/mol. The first-order valence-corrected chi connectivity index (χ1v) is 4.75. The summed E-state index contributed by atoms with van der Waals surface area (Å²) in [5.74, 6) is 0. The molecule has 0 unspecified atom stereocenters. The van der Waals surface area contributed by atoms with Gasteiger partial charge in [-0.1, -0.05) is 35.4 Å². The van der Waals surface area contributed by atoms with E-state index in [0.717, 1.165) is 41.7 Å². The predicted molar refractivity (Wildman–Crippen MR) is 54.6 cm³/mol. The van der Waals surface area contributed by atoms with Crippen LogP contribution < -0.4 is 0 Å². The lowest BCUT2D eigenvalue weighted by atomic mass is 10.2. The van der Waals surface area contributed by atoms with Crippen molar-refractivity contribution in [2.75, 3.05) is 19.6 Å². The molecule has 1 aliphatic rings. The smallest absolute Gasteiger partial charge is 0.0466 e. The van der Waals surface area contributed by atoms with Gasteiger partial charge in [-0.3, -0.25) is 4.90 Å². The van der Waals surface area contributed by atoms with Gasteiger partial charge in [0, 0.05) is 29.7 Å². The quantitative estimate of drug-likeness (QED) is 0.628. The van der Waals surface area contributed by atoms with E-state index in [1.807, 2.05) is 6.92 Å². The van der Waals surface area contributed by atoms with Gasteiger partial charge in [0.15, 0.2) is 0 Å². The number of halogens is 2. The molecule has 0 saturated carbocycles. The van der Waals surface area contributed by atoms with Crippen LogP contribution in [0.2, 0.25) is 0 Å². The van der Waals surface area contributed by atoms with Crippen molar-refractivity contribution in [1.29, 1.82) is 0 Å². The molecule has 1 heterocycles. The fraction of sp³-hybridized carbons (Fsp3) is 0.556. The maximum Gasteiger partial charge on any atom is 0.0466 e. The minimum absolute atomic E-state index is 0.771. The molecular formula is C9H13Cl2N. The first-order chi connectivity index (χ1) is 5.59. The van der Waals surface area contributed by atoms with Gasteiger partial charge in [0.25, 0.3) is 0 Å². The Labute approximate surface area is 83.6 Å². The molecule has 0 aromatic rings. The molecule has 0 aromatic carbocycles. The van der Waals surface area contributed by atoms with Gasteiger partial charge in [0.05, 0.1) is 0 Å². The van der Waals surface area contributed by atoms with Crippen LogP contribution in [0.15, 0.2) is 22.2 Å². The van der Waals surface area contributed by atoms with Crippen LogP contribution in [0.3, 0.4) is 0 Å². The number of hydrogen-bond donors (Lipinski definition) is 0. The van der Waals surface area contributed by atoms with Crippen molar-refractivity contribution in [3.05, 3.63) is 22.2 Å². The molecule has 0 atom stereocenters. The molecule has 0 aliphatic carbocycles. The van der Waals surface area contributed by atoms with Gasteiger partial charge in [0.1, 0.15) is 0 Å². The average Bonchev–Trinajstić information content (AvgIpc) is 1.96. The van der Waals surface area contributed by atoms with Crippen LogP contribution in [0.4, 0.5) is 0 Å². The average molecular weight is 206 g/mol. The highest BCUT2D eigenvalue weighted by Gasteiger charge is 2.15. The molecule has 0 fully saturated rings. The van der Waals surface area contributed by atoms with E-state index in [2.05, 4.69) is 11.5 Å². The third-order valence-electron chi connectivity index (χ3n) is 1.80.